The van der Waals surface area contributed by atoms with Gasteiger partial charge in [-0.05, 0) is 30.5 Å². The number of carbonyl (C=O) groups excluding carboxylic acids is 1. The molecular formula is C13H14N4O. The number of carbonyl (C=O) groups is 1. The van der Waals surface area contributed by atoms with E-state index in [0.29, 0.717) is 17.4 Å². The van der Waals surface area contributed by atoms with E-state index in [9.17, 15) is 4.79 Å². The van der Waals surface area contributed by atoms with Gasteiger partial charge in [-0.2, -0.15) is 5.10 Å². The van der Waals surface area contributed by atoms with Crippen molar-refractivity contribution in [2.75, 3.05) is 5.32 Å². The molecule has 3 rings (SSSR count). The molecule has 0 aromatic carbocycles. The average molecular weight is 242 g/mol. The van der Waals surface area contributed by atoms with Crippen molar-refractivity contribution in [2.45, 2.75) is 13.3 Å². The second-order valence-electron chi connectivity index (χ2n) is 4.63. The number of nitrogens with one attached hydrogen (secondary N) is 1. The van der Waals surface area contributed by atoms with Crippen LogP contribution in [0.25, 0.3) is 5.82 Å². The molecule has 0 bridgehead atoms. The van der Waals surface area contributed by atoms with Gasteiger partial charge in [0.15, 0.2) is 5.82 Å². The summed E-state index contributed by atoms with van der Waals surface area (Å²) in [5.41, 5.74) is 0.699. The van der Waals surface area contributed by atoms with E-state index in [1.807, 2.05) is 12.1 Å². The molecule has 0 aliphatic heterocycles. The molecule has 2 aromatic rings. The maximum Gasteiger partial charge on any atom is 0.227 e. The molecule has 1 N–H and O–H groups in total. The number of hydrogen-bond donors (Lipinski definition) is 1. The van der Waals surface area contributed by atoms with Crippen LogP contribution in [0.4, 0.5) is 5.69 Å². The molecule has 5 heteroatoms. The van der Waals surface area contributed by atoms with Gasteiger partial charge in [0.25, 0.3) is 0 Å². The number of pyridine rings is 1. The summed E-state index contributed by atoms with van der Waals surface area (Å²) >= 11 is 0. The monoisotopic (exact) mass is 242 g/mol. The van der Waals surface area contributed by atoms with E-state index >= 15 is 0 Å². The van der Waals surface area contributed by atoms with Gasteiger partial charge in [0, 0.05) is 24.5 Å². The second-order valence-corrected chi connectivity index (χ2v) is 4.63. The van der Waals surface area contributed by atoms with Crippen LogP contribution in [0.1, 0.15) is 13.3 Å². The molecule has 1 amide bonds. The van der Waals surface area contributed by atoms with Crippen molar-refractivity contribution in [1.29, 1.82) is 0 Å². The molecule has 0 radical (unpaired) electrons. The van der Waals surface area contributed by atoms with Crippen molar-refractivity contribution in [3.8, 4) is 5.82 Å². The zero-order valence-corrected chi connectivity index (χ0v) is 10.1. The molecule has 2 unspecified atom stereocenters. The molecule has 1 saturated carbocycles. The lowest BCUT2D eigenvalue weighted by molar-refractivity contribution is -0.117. The van der Waals surface area contributed by atoms with E-state index in [1.165, 1.54) is 0 Å². The van der Waals surface area contributed by atoms with E-state index < -0.39 is 0 Å². The molecule has 1 fully saturated rings. The Morgan fingerprint density at radius 1 is 1.44 bits per heavy atom. The molecule has 2 aromatic heterocycles. The minimum Gasteiger partial charge on any atom is -0.323 e. The third kappa shape index (κ3) is 1.99. The molecule has 5 nitrogen and oxygen atoms in total. The predicted octanol–water partition coefficient (Wildman–Crippen LogP) is 1.86. The number of amides is 1. The van der Waals surface area contributed by atoms with Gasteiger partial charge in [-0.3, -0.25) is 4.79 Å². The topological polar surface area (TPSA) is 59.8 Å². The minimum atomic E-state index is 0.0731. The van der Waals surface area contributed by atoms with Crippen LogP contribution in [0.15, 0.2) is 36.8 Å². The van der Waals surface area contributed by atoms with Gasteiger partial charge < -0.3 is 5.32 Å². The zero-order chi connectivity index (χ0) is 12.5. The number of rotatable bonds is 3. The van der Waals surface area contributed by atoms with Gasteiger partial charge in [-0.1, -0.05) is 6.92 Å². The Morgan fingerprint density at radius 3 is 2.94 bits per heavy atom. The Morgan fingerprint density at radius 2 is 2.28 bits per heavy atom. The largest absolute Gasteiger partial charge is 0.323 e. The van der Waals surface area contributed by atoms with Crippen LogP contribution in [0.3, 0.4) is 0 Å². The van der Waals surface area contributed by atoms with E-state index in [1.54, 1.807) is 29.3 Å². The number of aromatic nitrogens is 3. The second kappa shape index (κ2) is 4.25. The fourth-order valence-corrected chi connectivity index (χ4v) is 1.98. The van der Waals surface area contributed by atoms with E-state index in [0.717, 1.165) is 6.42 Å². The van der Waals surface area contributed by atoms with Crippen molar-refractivity contribution >= 4 is 11.6 Å². The summed E-state index contributed by atoms with van der Waals surface area (Å²) < 4.78 is 1.64. The van der Waals surface area contributed by atoms with Crippen LogP contribution in [0, 0.1) is 11.8 Å². The highest BCUT2D eigenvalue weighted by Crippen LogP contribution is 2.38. The van der Waals surface area contributed by atoms with Gasteiger partial charge in [-0.15, -0.1) is 0 Å². The van der Waals surface area contributed by atoms with Crippen molar-refractivity contribution < 1.29 is 4.79 Å². The van der Waals surface area contributed by atoms with E-state index in [-0.39, 0.29) is 11.8 Å². The normalized spacial score (nSPS) is 21.6. The van der Waals surface area contributed by atoms with Gasteiger partial charge in [0.05, 0.1) is 5.69 Å². The highest BCUT2D eigenvalue weighted by molar-refractivity contribution is 5.95. The summed E-state index contributed by atoms with van der Waals surface area (Å²) in [6, 6.07) is 5.47. The fraction of sp³-hybridized carbons (Fsp3) is 0.308. The van der Waals surface area contributed by atoms with Gasteiger partial charge in [0.1, 0.15) is 0 Å². The Balaban J connectivity index is 1.86. The molecule has 92 valence electrons. The number of anilines is 1. The minimum absolute atomic E-state index is 0.0731. The van der Waals surface area contributed by atoms with Crippen molar-refractivity contribution in [1.82, 2.24) is 14.8 Å². The third-order valence-electron chi connectivity index (χ3n) is 3.21. The first kappa shape index (κ1) is 11.0. The molecule has 0 spiro atoms. The van der Waals surface area contributed by atoms with Crippen molar-refractivity contribution in [3.05, 3.63) is 36.8 Å². The number of hydrogen-bond acceptors (Lipinski definition) is 3. The van der Waals surface area contributed by atoms with Crippen molar-refractivity contribution in [2.24, 2.45) is 11.8 Å². The Hall–Kier alpha value is -2.17. The van der Waals surface area contributed by atoms with Crippen LogP contribution < -0.4 is 5.32 Å². The first-order valence-corrected chi connectivity index (χ1v) is 6.01. The Kier molecular flexibility index (Phi) is 2.59. The SMILES string of the molecule is CC1CC1C(=O)Nc1cccnc1-n1cccn1. The van der Waals surface area contributed by atoms with Crippen molar-refractivity contribution in [3.63, 3.8) is 0 Å². The number of nitrogens with zero attached hydrogens (tertiary/aromatic N) is 3. The predicted molar refractivity (Wildman–Crippen MR) is 67.3 cm³/mol. The quantitative estimate of drug-likeness (QED) is 0.893. The lowest BCUT2D eigenvalue weighted by Gasteiger charge is -2.09. The lowest BCUT2D eigenvalue weighted by atomic mass is 10.3. The van der Waals surface area contributed by atoms with Gasteiger partial charge in [0.2, 0.25) is 5.91 Å². The fourth-order valence-electron chi connectivity index (χ4n) is 1.98. The zero-order valence-electron chi connectivity index (χ0n) is 10.1. The summed E-state index contributed by atoms with van der Waals surface area (Å²) in [4.78, 5) is 16.2. The molecule has 2 atom stereocenters. The summed E-state index contributed by atoms with van der Waals surface area (Å²) in [6.07, 6.45) is 6.15. The molecule has 1 aliphatic carbocycles. The maximum atomic E-state index is 11.9. The van der Waals surface area contributed by atoms with E-state index in [2.05, 4.69) is 22.3 Å². The summed E-state index contributed by atoms with van der Waals surface area (Å²) in [5.74, 6) is 1.36. The van der Waals surface area contributed by atoms with Gasteiger partial charge in [-0.25, -0.2) is 9.67 Å². The van der Waals surface area contributed by atoms with Crippen LogP contribution in [0.5, 0.6) is 0 Å². The molecule has 18 heavy (non-hydrogen) atoms. The maximum absolute atomic E-state index is 11.9. The van der Waals surface area contributed by atoms with E-state index in [4.69, 9.17) is 0 Å². The summed E-state index contributed by atoms with van der Waals surface area (Å²) in [6.45, 7) is 2.09. The van der Waals surface area contributed by atoms with Crippen LogP contribution >= 0.6 is 0 Å². The lowest BCUT2D eigenvalue weighted by Crippen LogP contribution is -2.16. The molecule has 2 heterocycles. The third-order valence-corrected chi connectivity index (χ3v) is 3.21. The Labute approximate surface area is 105 Å². The first-order chi connectivity index (χ1) is 8.75. The summed E-state index contributed by atoms with van der Waals surface area (Å²) in [7, 11) is 0. The summed E-state index contributed by atoms with van der Waals surface area (Å²) in [5, 5.41) is 7.06. The average Bonchev–Trinajstić information content (AvgIpc) is 2.91. The molecule has 0 saturated heterocycles. The standard InChI is InChI=1S/C13H14N4O/c1-9-8-10(9)13(18)16-11-4-2-5-14-12(11)17-7-3-6-15-17/h2-7,9-10H,8H2,1H3,(H,16,18). The molecule has 1 aliphatic rings. The smallest absolute Gasteiger partial charge is 0.227 e. The highest BCUT2D eigenvalue weighted by atomic mass is 16.2. The van der Waals surface area contributed by atoms with Crippen LogP contribution in [-0.2, 0) is 4.79 Å². The van der Waals surface area contributed by atoms with Gasteiger partial charge >= 0.3 is 0 Å². The Bertz CT molecular complexity index is 564. The first-order valence-electron chi connectivity index (χ1n) is 6.01. The van der Waals surface area contributed by atoms with Crippen LogP contribution in [-0.4, -0.2) is 20.7 Å². The molecular weight excluding hydrogens is 228 g/mol. The highest BCUT2D eigenvalue weighted by Gasteiger charge is 2.39. The van der Waals surface area contributed by atoms with Crippen LogP contribution in [0.2, 0.25) is 0 Å².